The fourth-order valence-electron chi connectivity index (χ4n) is 3.80. The highest BCUT2D eigenvalue weighted by molar-refractivity contribution is 7.10. The van der Waals surface area contributed by atoms with E-state index in [0.29, 0.717) is 31.9 Å². The van der Waals surface area contributed by atoms with Crippen molar-refractivity contribution < 1.29 is 14.3 Å². The van der Waals surface area contributed by atoms with Crippen LogP contribution in [0.5, 0.6) is 0 Å². The number of likely N-dealkylation sites (tertiary alicyclic amines) is 1. The van der Waals surface area contributed by atoms with E-state index in [1.54, 1.807) is 11.3 Å². The fourth-order valence-corrected chi connectivity index (χ4v) is 4.67. The summed E-state index contributed by atoms with van der Waals surface area (Å²) in [7, 11) is 0. The molecule has 148 valence electrons. The molecular weight excluding hydrogens is 374 g/mol. The van der Waals surface area contributed by atoms with Gasteiger partial charge < -0.3 is 19.9 Å². The summed E-state index contributed by atoms with van der Waals surface area (Å²) in [5.41, 5.74) is 1.51. The number of rotatable bonds is 5. The summed E-state index contributed by atoms with van der Waals surface area (Å²) in [5, 5.41) is 5.26. The normalized spacial score (nSPS) is 19.6. The number of anilines is 1. The van der Waals surface area contributed by atoms with Crippen molar-refractivity contribution in [2.45, 2.75) is 18.9 Å². The summed E-state index contributed by atoms with van der Waals surface area (Å²) in [6.07, 6.45) is 2.08. The number of nitrogens with zero attached hydrogens (tertiary/aromatic N) is 2. The molecule has 2 aliphatic rings. The highest BCUT2D eigenvalue weighted by Crippen LogP contribution is 2.34. The first kappa shape index (κ1) is 19.0. The van der Waals surface area contributed by atoms with Crippen LogP contribution in [0.15, 0.2) is 41.8 Å². The average Bonchev–Trinajstić information content (AvgIpc) is 3.44. The standard InChI is InChI=1S/C21H25N3O3S/c25-20(24-9-1-3-18(24)19-4-2-14-28-19)15-22-17-7-5-16(6-8-17)21(26)23-10-12-27-13-11-23/h2,4-8,14,18,22H,1,3,9-13,15H2. The van der Waals surface area contributed by atoms with Crippen molar-refractivity contribution in [3.8, 4) is 0 Å². The number of hydrogen-bond acceptors (Lipinski definition) is 5. The van der Waals surface area contributed by atoms with Gasteiger partial charge in [0.1, 0.15) is 0 Å². The van der Waals surface area contributed by atoms with Crippen LogP contribution in [0.2, 0.25) is 0 Å². The lowest BCUT2D eigenvalue weighted by Crippen LogP contribution is -2.40. The fraction of sp³-hybridized carbons (Fsp3) is 0.429. The molecule has 7 heteroatoms. The van der Waals surface area contributed by atoms with Gasteiger partial charge >= 0.3 is 0 Å². The van der Waals surface area contributed by atoms with Crippen molar-refractivity contribution in [1.29, 1.82) is 0 Å². The Morgan fingerprint density at radius 2 is 1.89 bits per heavy atom. The van der Waals surface area contributed by atoms with Gasteiger partial charge in [0.2, 0.25) is 5.91 Å². The van der Waals surface area contributed by atoms with Gasteiger partial charge in [-0.15, -0.1) is 11.3 Å². The second kappa shape index (κ2) is 8.75. The summed E-state index contributed by atoms with van der Waals surface area (Å²) >= 11 is 1.71. The smallest absolute Gasteiger partial charge is 0.254 e. The Kier molecular flexibility index (Phi) is 5.92. The molecular formula is C21H25N3O3S. The topological polar surface area (TPSA) is 61.9 Å². The van der Waals surface area contributed by atoms with Crippen molar-refractivity contribution in [3.05, 3.63) is 52.2 Å². The molecule has 1 aromatic carbocycles. The highest BCUT2D eigenvalue weighted by Gasteiger charge is 2.30. The van der Waals surface area contributed by atoms with Crippen LogP contribution in [-0.2, 0) is 9.53 Å². The maximum absolute atomic E-state index is 12.7. The first-order valence-corrected chi connectivity index (χ1v) is 10.6. The second-order valence-corrected chi connectivity index (χ2v) is 8.08. The zero-order valence-electron chi connectivity index (χ0n) is 15.8. The molecule has 1 aromatic heterocycles. The van der Waals surface area contributed by atoms with Gasteiger partial charge in [0.25, 0.3) is 5.91 Å². The Balaban J connectivity index is 1.32. The molecule has 28 heavy (non-hydrogen) atoms. The Morgan fingerprint density at radius 1 is 1.11 bits per heavy atom. The van der Waals surface area contributed by atoms with Crippen molar-refractivity contribution in [2.75, 3.05) is 44.7 Å². The maximum atomic E-state index is 12.7. The van der Waals surface area contributed by atoms with Crippen LogP contribution < -0.4 is 5.32 Å². The van der Waals surface area contributed by atoms with Crippen LogP contribution in [0, 0.1) is 0 Å². The molecule has 4 rings (SSSR count). The van der Waals surface area contributed by atoms with E-state index in [4.69, 9.17) is 4.74 Å². The molecule has 2 amide bonds. The molecule has 6 nitrogen and oxygen atoms in total. The lowest BCUT2D eigenvalue weighted by atomic mass is 10.1. The molecule has 0 saturated carbocycles. The SMILES string of the molecule is O=C(c1ccc(NCC(=O)N2CCCC2c2cccs2)cc1)N1CCOCC1. The minimum Gasteiger partial charge on any atom is -0.378 e. The Hall–Kier alpha value is -2.38. The zero-order chi connectivity index (χ0) is 19.3. The number of thiophene rings is 1. The van der Waals surface area contributed by atoms with Crippen LogP contribution in [-0.4, -0.2) is 61.0 Å². The third-order valence-corrected chi connectivity index (χ3v) is 6.29. The first-order valence-electron chi connectivity index (χ1n) is 9.76. The molecule has 1 unspecified atom stereocenters. The molecule has 0 spiro atoms. The van der Waals surface area contributed by atoms with Crippen LogP contribution in [0.4, 0.5) is 5.69 Å². The second-order valence-electron chi connectivity index (χ2n) is 7.10. The molecule has 0 bridgehead atoms. The zero-order valence-corrected chi connectivity index (χ0v) is 16.6. The Morgan fingerprint density at radius 3 is 2.61 bits per heavy atom. The van der Waals surface area contributed by atoms with Crippen molar-refractivity contribution in [3.63, 3.8) is 0 Å². The van der Waals surface area contributed by atoms with Gasteiger partial charge in [-0.25, -0.2) is 0 Å². The average molecular weight is 400 g/mol. The lowest BCUT2D eigenvalue weighted by Gasteiger charge is -2.27. The molecule has 1 N–H and O–H groups in total. The Labute approximate surface area is 169 Å². The number of benzene rings is 1. The van der Waals surface area contributed by atoms with E-state index in [1.165, 1.54) is 4.88 Å². The van der Waals surface area contributed by atoms with Gasteiger partial charge in [-0.3, -0.25) is 9.59 Å². The van der Waals surface area contributed by atoms with E-state index >= 15 is 0 Å². The quantitative estimate of drug-likeness (QED) is 0.840. The number of carbonyl (C=O) groups excluding carboxylic acids is 2. The van der Waals surface area contributed by atoms with Crippen molar-refractivity contribution in [2.24, 2.45) is 0 Å². The summed E-state index contributed by atoms with van der Waals surface area (Å²) in [6.45, 7) is 3.53. The molecule has 2 saturated heterocycles. The molecule has 2 aromatic rings. The number of carbonyl (C=O) groups is 2. The number of nitrogens with one attached hydrogen (secondary N) is 1. The van der Waals surface area contributed by atoms with Gasteiger partial charge in [0, 0.05) is 35.8 Å². The third-order valence-electron chi connectivity index (χ3n) is 5.32. The summed E-state index contributed by atoms with van der Waals surface area (Å²) < 4.78 is 5.29. The Bertz CT molecular complexity index is 801. The van der Waals surface area contributed by atoms with E-state index in [-0.39, 0.29) is 24.4 Å². The monoisotopic (exact) mass is 399 g/mol. The number of hydrogen-bond donors (Lipinski definition) is 1. The molecule has 0 radical (unpaired) electrons. The van der Waals surface area contributed by atoms with Gasteiger partial charge in [-0.05, 0) is 48.6 Å². The van der Waals surface area contributed by atoms with Crippen LogP contribution in [0.1, 0.15) is 34.1 Å². The molecule has 3 heterocycles. The van der Waals surface area contributed by atoms with E-state index in [2.05, 4.69) is 16.8 Å². The largest absolute Gasteiger partial charge is 0.378 e. The number of morpholine rings is 1. The number of ether oxygens (including phenoxy) is 1. The van der Waals surface area contributed by atoms with Gasteiger partial charge in [0.05, 0.1) is 25.8 Å². The van der Waals surface area contributed by atoms with Gasteiger partial charge in [-0.1, -0.05) is 6.07 Å². The van der Waals surface area contributed by atoms with Crippen LogP contribution in [0.25, 0.3) is 0 Å². The van der Waals surface area contributed by atoms with E-state index < -0.39 is 0 Å². The van der Waals surface area contributed by atoms with Gasteiger partial charge in [-0.2, -0.15) is 0 Å². The summed E-state index contributed by atoms with van der Waals surface area (Å²) in [6, 6.07) is 11.7. The summed E-state index contributed by atoms with van der Waals surface area (Å²) in [5.74, 6) is 0.145. The van der Waals surface area contributed by atoms with Crippen molar-refractivity contribution >= 4 is 28.8 Å². The molecule has 1 atom stereocenters. The van der Waals surface area contributed by atoms with E-state index in [0.717, 1.165) is 25.1 Å². The van der Waals surface area contributed by atoms with Crippen LogP contribution in [0.3, 0.4) is 0 Å². The predicted molar refractivity (Wildman–Crippen MR) is 110 cm³/mol. The molecule has 0 aliphatic carbocycles. The highest BCUT2D eigenvalue weighted by atomic mass is 32.1. The molecule has 2 aliphatic heterocycles. The lowest BCUT2D eigenvalue weighted by molar-refractivity contribution is -0.130. The van der Waals surface area contributed by atoms with E-state index in [9.17, 15) is 9.59 Å². The predicted octanol–water partition coefficient (Wildman–Crippen LogP) is 3.00. The minimum atomic E-state index is 0.0294. The molecule has 2 fully saturated rings. The minimum absolute atomic E-state index is 0.0294. The van der Waals surface area contributed by atoms with Crippen LogP contribution >= 0.6 is 11.3 Å². The van der Waals surface area contributed by atoms with Crippen molar-refractivity contribution in [1.82, 2.24) is 9.80 Å². The first-order chi connectivity index (χ1) is 13.7. The van der Waals surface area contributed by atoms with E-state index in [1.807, 2.05) is 40.1 Å². The third kappa shape index (κ3) is 4.20. The number of amides is 2. The van der Waals surface area contributed by atoms with Gasteiger partial charge in [0.15, 0.2) is 0 Å². The maximum Gasteiger partial charge on any atom is 0.254 e. The summed E-state index contributed by atoms with van der Waals surface area (Å²) in [4.78, 5) is 30.2.